The fourth-order valence-corrected chi connectivity index (χ4v) is 3.21. The number of nitrogens with zero attached hydrogens (tertiary/aromatic N) is 1. The molecule has 0 aliphatic carbocycles. The average molecular weight is 424 g/mol. The summed E-state index contributed by atoms with van der Waals surface area (Å²) >= 11 is 0. The highest BCUT2D eigenvalue weighted by atomic mass is 19.2. The topological polar surface area (TPSA) is 77.1 Å². The van der Waals surface area contributed by atoms with Gasteiger partial charge in [-0.15, -0.1) is 0 Å². The van der Waals surface area contributed by atoms with E-state index >= 15 is 0 Å². The molecule has 1 N–H and O–H groups in total. The number of ether oxygens (including phenoxy) is 3. The highest BCUT2D eigenvalue weighted by molar-refractivity contribution is 6.03. The van der Waals surface area contributed by atoms with Crippen molar-refractivity contribution in [2.75, 3.05) is 38.1 Å². The molecule has 2 aromatic carbocycles. The van der Waals surface area contributed by atoms with Crippen LogP contribution in [0.1, 0.15) is 6.42 Å². The van der Waals surface area contributed by atoms with Crippen molar-refractivity contribution in [1.82, 2.24) is 0 Å². The Labute approximate surface area is 170 Å². The molecule has 7 nitrogen and oxygen atoms in total. The minimum absolute atomic E-state index is 0.00536. The SMILES string of the molecule is COc1cc(N2C[C@H](C(=O)Nc3ccc(F)c(F)c3F)CC2=O)cc(OC)c1OC. The Morgan fingerprint density at radius 3 is 2.23 bits per heavy atom. The van der Waals surface area contributed by atoms with Gasteiger partial charge < -0.3 is 24.4 Å². The van der Waals surface area contributed by atoms with Crippen LogP contribution < -0.4 is 24.4 Å². The second kappa shape index (κ2) is 8.52. The van der Waals surface area contributed by atoms with Crippen LogP contribution in [0.4, 0.5) is 24.5 Å². The zero-order valence-corrected chi connectivity index (χ0v) is 16.4. The smallest absolute Gasteiger partial charge is 0.229 e. The highest BCUT2D eigenvalue weighted by Crippen LogP contribution is 2.42. The zero-order chi connectivity index (χ0) is 22.0. The van der Waals surface area contributed by atoms with Crippen LogP contribution in [-0.4, -0.2) is 39.7 Å². The first-order chi connectivity index (χ1) is 14.3. The van der Waals surface area contributed by atoms with Gasteiger partial charge in [0.1, 0.15) is 0 Å². The fraction of sp³-hybridized carbons (Fsp3) is 0.300. The highest BCUT2D eigenvalue weighted by Gasteiger charge is 2.36. The lowest BCUT2D eigenvalue weighted by Crippen LogP contribution is -2.28. The Morgan fingerprint density at radius 1 is 1.03 bits per heavy atom. The summed E-state index contributed by atoms with van der Waals surface area (Å²) in [6.07, 6.45) is -0.145. The van der Waals surface area contributed by atoms with E-state index in [0.29, 0.717) is 29.0 Å². The molecule has 1 heterocycles. The normalized spacial score (nSPS) is 15.9. The third-order valence-corrected chi connectivity index (χ3v) is 4.75. The Bertz CT molecular complexity index is 974. The molecule has 1 aliphatic rings. The summed E-state index contributed by atoms with van der Waals surface area (Å²) in [5.74, 6) is -5.42. The van der Waals surface area contributed by atoms with Crippen LogP contribution in [0.25, 0.3) is 0 Å². The largest absolute Gasteiger partial charge is 0.493 e. The van der Waals surface area contributed by atoms with Gasteiger partial charge in [0.2, 0.25) is 17.6 Å². The number of benzene rings is 2. The number of nitrogens with one attached hydrogen (secondary N) is 1. The first-order valence-electron chi connectivity index (χ1n) is 8.85. The average Bonchev–Trinajstić information content (AvgIpc) is 3.14. The van der Waals surface area contributed by atoms with Crippen molar-refractivity contribution in [2.45, 2.75) is 6.42 Å². The van der Waals surface area contributed by atoms with Crippen LogP contribution >= 0.6 is 0 Å². The lowest BCUT2D eigenvalue weighted by molar-refractivity contribution is -0.122. The molecule has 1 saturated heterocycles. The number of methoxy groups -OCH3 is 3. The molecule has 10 heteroatoms. The van der Waals surface area contributed by atoms with Gasteiger partial charge in [0.15, 0.2) is 29.0 Å². The quantitative estimate of drug-likeness (QED) is 0.722. The fourth-order valence-electron chi connectivity index (χ4n) is 3.21. The van der Waals surface area contributed by atoms with E-state index < -0.39 is 35.0 Å². The van der Waals surface area contributed by atoms with Crippen LogP contribution in [-0.2, 0) is 9.59 Å². The number of carbonyl (C=O) groups excluding carboxylic acids is 2. The Hall–Kier alpha value is -3.43. The molecule has 30 heavy (non-hydrogen) atoms. The van der Waals surface area contributed by atoms with E-state index in [0.717, 1.165) is 6.07 Å². The van der Waals surface area contributed by atoms with Gasteiger partial charge in [-0.2, -0.15) is 0 Å². The van der Waals surface area contributed by atoms with Crippen LogP contribution in [0.3, 0.4) is 0 Å². The van der Waals surface area contributed by atoms with Gasteiger partial charge in [-0.3, -0.25) is 9.59 Å². The summed E-state index contributed by atoms with van der Waals surface area (Å²) in [4.78, 5) is 26.4. The predicted octanol–water partition coefficient (Wildman–Crippen LogP) is 3.12. The third-order valence-electron chi connectivity index (χ3n) is 4.75. The maximum atomic E-state index is 13.8. The summed E-state index contributed by atoms with van der Waals surface area (Å²) in [6, 6.07) is 4.75. The number of hydrogen-bond donors (Lipinski definition) is 1. The second-order valence-corrected chi connectivity index (χ2v) is 6.50. The second-order valence-electron chi connectivity index (χ2n) is 6.50. The molecule has 0 aromatic heterocycles. The number of anilines is 2. The minimum atomic E-state index is -1.69. The monoisotopic (exact) mass is 424 g/mol. The van der Waals surface area contributed by atoms with E-state index in [1.807, 2.05) is 0 Å². The van der Waals surface area contributed by atoms with Crippen molar-refractivity contribution >= 4 is 23.2 Å². The first-order valence-corrected chi connectivity index (χ1v) is 8.85. The van der Waals surface area contributed by atoms with Crippen molar-refractivity contribution in [3.8, 4) is 17.2 Å². The van der Waals surface area contributed by atoms with Crippen LogP contribution in [0.5, 0.6) is 17.2 Å². The van der Waals surface area contributed by atoms with Crippen molar-refractivity contribution in [2.24, 2.45) is 5.92 Å². The van der Waals surface area contributed by atoms with Crippen molar-refractivity contribution < 1.29 is 37.0 Å². The van der Waals surface area contributed by atoms with Crippen molar-refractivity contribution in [3.63, 3.8) is 0 Å². The molecule has 2 amide bonds. The lowest BCUT2D eigenvalue weighted by atomic mass is 10.1. The number of rotatable bonds is 6. The van der Waals surface area contributed by atoms with Gasteiger partial charge in [-0.05, 0) is 12.1 Å². The van der Waals surface area contributed by atoms with E-state index in [4.69, 9.17) is 14.2 Å². The van der Waals surface area contributed by atoms with Gasteiger partial charge in [0.05, 0.1) is 38.6 Å². The molecule has 2 aromatic rings. The van der Waals surface area contributed by atoms with Crippen LogP contribution in [0.2, 0.25) is 0 Å². The maximum absolute atomic E-state index is 13.8. The zero-order valence-electron chi connectivity index (χ0n) is 16.4. The summed E-state index contributed by atoms with van der Waals surface area (Å²) in [7, 11) is 4.30. The number of carbonyl (C=O) groups is 2. The summed E-state index contributed by atoms with van der Waals surface area (Å²) in [5.41, 5.74) is -0.0820. The van der Waals surface area contributed by atoms with Crippen molar-refractivity contribution in [3.05, 3.63) is 41.7 Å². The number of hydrogen-bond acceptors (Lipinski definition) is 5. The van der Waals surface area contributed by atoms with E-state index in [9.17, 15) is 22.8 Å². The van der Waals surface area contributed by atoms with Gasteiger partial charge in [0, 0.05) is 25.1 Å². The Morgan fingerprint density at radius 2 is 1.67 bits per heavy atom. The molecule has 0 bridgehead atoms. The molecular weight excluding hydrogens is 405 g/mol. The van der Waals surface area contributed by atoms with Crippen LogP contribution in [0, 0.1) is 23.4 Å². The predicted molar refractivity (Wildman–Crippen MR) is 102 cm³/mol. The van der Waals surface area contributed by atoms with Gasteiger partial charge in [-0.1, -0.05) is 0 Å². The first kappa shape index (κ1) is 21.3. The van der Waals surface area contributed by atoms with Gasteiger partial charge in [0.25, 0.3) is 0 Å². The van der Waals surface area contributed by atoms with E-state index in [-0.39, 0.29) is 18.9 Å². The minimum Gasteiger partial charge on any atom is -0.493 e. The molecular formula is C20H19F3N2O5. The lowest BCUT2D eigenvalue weighted by Gasteiger charge is -2.20. The molecule has 160 valence electrons. The van der Waals surface area contributed by atoms with E-state index in [2.05, 4.69) is 5.32 Å². The van der Waals surface area contributed by atoms with Crippen LogP contribution in [0.15, 0.2) is 24.3 Å². The third kappa shape index (κ3) is 3.85. The molecule has 1 atom stereocenters. The number of halogens is 3. The summed E-state index contributed by atoms with van der Waals surface area (Å²) in [5, 5.41) is 2.21. The maximum Gasteiger partial charge on any atom is 0.229 e. The Kier molecular flexibility index (Phi) is 6.04. The van der Waals surface area contributed by atoms with Crippen molar-refractivity contribution in [1.29, 1.82) is 0 Å². The van der Waals surface area contributed by atoms with Gasteiger partial charge in [-0.25, -0.2) is 13.2 Å². The van der Waals surface area contributed by atoms with E-state index in [1.54, 1.807) is 12.1 Å². The molecule has 0 saturated carbocycles. The molecule has 1 aliphatic heterocycles. The molecule has 0 spiro atoms. The molecule has 1 fully saturated rings. The van der Waals surface area contributed by atoms with Gasteiger partial charge >= 0.3 is 0 Å². The summed E-state index contributed by atoms with van der Waals surface area (Å²) in [6.45, 7) is -0.00536. The molecule has 0 unspecified atom stereocenters. The molecule has 3 rings (SSSR count). The number of amides is 2. The Balaban J connectivity index is 1.81. The molecule has 0 radical (unpaired) electrons. The standard InChI is InChI=1S/C20H19F3N2O5/c1-28-14-7-11(8-15(29-2)19(14)30-3)25-9-10(6-16(25)26)20(27)24-13-5-4-12(21)17(22)18(13)23/h4-5,7-8,10H,6,9H2,1-3H3,(H,24,27)/t10-/m1/s1. The summed E-state index contributed by atoms with van der Waals surface area (Å²) < 4.78 is 56.0. The van der Waals surface area contributed by atoms with E-state index in [1.165, 1.54) is 26.2 Å².